The highest BCUT2D eigenvalue weighted by atomic mass is 32.2. The fraction of sp³-hybridized carbons (Fsp3) is 0.211. The number of ketones is 1. The summed E-state index contributed by atoms with van der Waals surface area (Å²) in [6.07, 6.45) is 1.67. The lowest BCUT2D eigenvalue weighted by atomic mass is 10.1. The number of aromatic nitrogens is 2. The third-order valence-corrected chi connectivity index (χ3v) is 5.99. The molecule has 25 heavy (non-hydrogen) atoms. The molecule has 0 bridgehead atoms. The number of carbonyl (C=O) groups excluding carboxylic acids is 1. The van der Waals surface area contributed by atoms with Gasteiger partial charge in [0, 0.05) is 17.5 Å². The number of rotatable bonds is 6. The number of Topliss-reactive ketones (excluding diaryl/α,β-unsaturated/α-hetero) is 1. The van der Waals surface area contributed by atoms with E-state index < -0.39 is 0 Å². The number of nitrogens with zero attached hydrogens (tertiary/aromatic N) is 2. The van der Waals surface area contributed by atoms with Gasteiger partial charge in [-0.05, 0) is 19.4 Å². The van der Waals surface area contributed by atoms with Crippen molar-refractivity contribution in [1.82, 2.24) is 9.55 Å². The Morgan fingerprint density at radius 2 is 2.12 bits per heavy atom. The van der Waals surface area contributed by atoms with E-state index in [9.17, 15) is 9.59 Å². The maximum Gasteiger partial charge on any atom is 0.263 e. The molecule has 0 saturated carbocycles. The van der Waals surface area contributed by atoms with Crippen LogP contribution < -0.4 is 5.56 Å². The Hall–Kier alpha value is -2.18. The maximum absolute atomic E-state index is 13.1. The lowest BCUT2D eigenvalue weighted by molar-refractivity contribution is -0.116. The van der Waals surface area contributed by atoms with E-state index in [1.165, 1.54) is 23.1 Å². The second-order valence-corrected chi connectivity index (χ2v) is 7.83. The second kappa shape index (κ2) is 7.37. The Labute approximate surface area is 154 Å². The highest BCUT2D eigenvalue weighted by Crippen LogP contribution is 2.32. The summed E-state index contributed by atoms with van der Waals surface area (Å²) >= 11 is 2.76. The van der Waals surface area contributed by atoms with Gasteiger partial charge in [-0.15, -0.1) is 17.9 Å². The molecule has 0 N–H and O–H groups in total. The summed E-state index contributed by atoms with van der Waals surface area (Å²) < 4.78 is 1.60. The van der Waals surface area contributed by atoms with Gasteiger partial charge in [0.1, 0.15) is 10.6 Å². The topological polar surface area (TPSA) is 52.0 Å². The van der Waals surface area contributed by atoms with E-state index in [0.717, 1.165) is 11.1 Å². The van der Waals surface area contributed by atoms with Gasteiger partial charge in [-0.25, -0.2) is 4.98 Å². The molecular weight excluding hydrogens is 352 g/mol. The minimum Gasteiger partial charge on any atom is -0.299 e. The molecule has 4 nitrogen and oxygen atoms in total. The zero-order valence-corrected chi connectivity index (χ0v) is 15.7. The number of thioether (sulfide) groups is 1. The van der Waals surface area contributed by atoms with Gasteiger partial charge in [0.25, 0.3) is 5.56 Å². The van der Waals surface area contributed by atoms with E-state index in [4.69, 9.17) is 0 Å². The van der Waals surface area contributed by atoms with E-state index in [0.29, 0.717) is 21.9 Å². The minimum atomic E-state index is -0.256. The zero-order chi connectivity index (χ0) is 18.0. The van der Waals surface area contributed by atoms with Gasteiger partial charge in [-0.1, -0.05) is 48.2 Å². The Morgan fingerprint density at radius 1 is 1.40 bits per heavy atom. The first-order valence-corrected chi connectivity index (χ1v) is 9.64. The van der Waals surface area contributed by atoms with Crippen LogP contribution in [0.15, 0.2) is 58.3 Å². The normalized spacial score (nSPS) is 12.2. The average molecular weight is 370 g/mol. The molecule has 6 heteroatoms. The minimum absolute atomic E-state index is 0.0562. The van der Waals surface area contributed by atoms with E-state index in [1.807, 2.05) is 42.6 Å². The monoisotopic (exact) mass is 370 g/mol. The fourth-order valence-electron chi connectivity index (χ4n) is 2.46. The molecule has 1 atom stereocenters. The summed E-state index contributed by atoms with van der Waals surface area (Å²) in [4.78, 5) is 30.1. The maximum atomic E-state index is 13.1. The average Bonchev–Trinajstić information content (AvgIpc) is 3.03. The van der Waals surface area contributed by atoms with Crippen molar-refractivity contribution in [2.75, 3.05) is 0 Å². The number of benzene rings is 1. The van der Waals surface area contributed by atoms with Gasteiger partial charge < -0.3 is 0 Å². The predicted octanol–water partition coefficient (Wildman–Crippen LogP) is 4.38. The largest absolute Gasteiger partial charge is 0.299 e. The van der Waals surface area contributed by atoms with Crippen molar-refractivity contribution >= 4 is 39.1 Å². The molecule has 0 spiro atoms. The fourth-order valence-corrected chi connectivity index (χ4v) is 4.36. The second-order valence-electron chi connectivity index (χ2n) is 5.67. The predicted molar refractivity (Wildman–Crippen MR) is 106 cm³/mol. The van der Waals surface area contributed by atoms with Gasteiger partial charge in [0.2, 0.25) is 0 Å². The molecule has 3 rings (SSSR count). The Kier molecular flexibility index (Phi) is 5.20. The van der Waals surface area contributed by atoms with Crippen LogP contribution in [0, 0.1) is 0 Å². The standard InChI is InChI=1S/C19H18N2O2S2/c1-4-10-21-18(23)16-15(14-8-6-5-7-9-14)11-24-17(16)20-19(21)25-13(3)12(2)22/h4-9,11,13H,1,10H2,2-3H3/t13-/m0/s1. The lowest BCUT2D eigenvalue weighted by Gasteiger charge is -2.13. The molecule has 128 valence electrons. The van der Waals surface area contributed by atoms with Gasteiger partial charge in [-0.3, -0.25) is 14.2 Å². The van der Waals surface area contributed by atoms with Crippen molar-refractivity contribution in [2.24, 2.45) is 0 Å². The van der Waals surface area contributed by atoms with Gasteiger partial charge in [-0.2, -0.15) is 0 Å². The quantitative estimate of drug-likeness (QED) is 0.367. The molecule has 0 radical (unpaired) electrons. The molecule has 1 aromatic carbocycles. The molecule has 0 amide bonds. The number of fused-ring (bicyclic) bond motifs is 1. The van der Waals surface area contributed by atoms with Crippen LogP contribution in [0.1, 0.15) is 13.8 Å². The van der Waals surface area contributed by atoms with Crippen molar-refractivity contribution in [2.45, 2.75) is 30.8 Å². The molecule has 3 aromatic rings. The van der Waals surface area contributed by atoms with Crippen LogP contribution in [0.5, 0.6) is 0 Å². The number of thiophene rings is 1. The van der Waals surface area contributed by atoms with Crippen LogP contribution in [-0.4, -0.2) is 20.6 Å². The number of carbonyl (C=O) groups is 1. The number of hydrogen-bond acceptors (Lipinski definition) is 5. The molecule has 2 heterocycles. The van der Waals surface area contributed by atoms with Crippen LogP contribution in [0.2, 0.25) is 0 Å². The van der Waals surface area contributed by atoms with Crippen molar-refractivity contribution in [3.8, 4) is 11.1 Å². The molecule has 0 unspecified atom stereocenters. The molecule has 0 saturated heterocycles. The third kappa shape index (κ3) is 3.45. The van der Waals surface area contributed by atoms with E-state index in [2.05, 4.69) is 11.6 Å². The van der Waals surface area contributed by atoms with E-state index >= 15 is 0 Å². The van der Waals surface area contributed by atoms with Crippen molar-refractivity contribution in [1.29, 1.82) is 0 Å². The summed E-state index contributed by atoms with van der Waals surface area (Å²) in [6, 6.07) is 9.82. The van der Waals surface area contributed by atoms with Crippen molar-refractivity contribution in [3.63, 3.8) is 0 Å². The van der Waals surface area contributed by atoms with Crippen molar-refractivity contribution in [3.05, 3.63) is 58.7 Å². The summed E-state index contributed by atoms with van der Waals surface area (Å²) in [5.41, 5.74) is 1.80. The summed E-state index contributed by atoms with van der Waals surface area (Å²) in [5, 5.41) is 2.89. The van der Waals surface area contributed by atoms with Gasteiger partial charge in [0.05, 0.1) is 10.6 Å². The highest BCUT2D eigenvalue weighted by Gasteiger charge is 2.19. The van der Waals surface area contributed by atoms with Crippen LogP contribution in [0.4, 0.5) is 0 Å². The number of allylic oxidation sites excluding steroid dienone is 1. The molecule has 0 aliphatic rings. The highest BCUT2D eigenvalue weighted by molar-refractivity contribution is 8.00. The zero-order valence-electron chi connectivity index (χ0n) is 14.1. The molecule has 0 fully saturated rings. The van der Waals surface area contributed by atoms with Crippen LogP contribution in [0.3, 0.4) is 0 Å². The Bertz CT molecular complexity index is 990. The van der Waals surface area contributed by atoms with E-state index in [1.54, 1.807) is 17.6 Å². The van der Waals surface area contributed by atoms with Gasteiger partial charge in [0.15, 0.2) is 5.16 Å². The molecular formula is C19H18N2O2S2. The Balaban J connectivity index is 2.21. The smallest absolute Gasteiger partial charge is 0.263 e. The molecule has 0 aliphatic carbocycles. The first-order valence-electron chi connectivity index (χ1n) is 7.88. The molecule has 2 aromatic heterocycles. The SMILES string of the molecule is C=CCn1c(S[C@@H](C)C(C)=O)nc2scc(-c3ccccc3)c2c1=O. The van der Waals surface area contributed by atoms with Gasteiger partial charge >= 0.3 is 0 Å². The first kappa shape index (κ1) is 17.6. The first-order chi connectivity index (χ1) is 12.0. The van der Waals surface area contributed by atoms with Crippen LogP contribution in [0.25, 0.3) is 21.3 Å². The van der Waals surface area contributed by atoms with Crippen molar-refractivity contribution < 1.29 is 4.79 Å². The summed E-state index contributed by atoms with van der Waals surface area (Å²) in [7, 11) is 0. The Morgan fingerprint density at radius 3 is 2.76 bits per heavy atom. The summed E-state index contributed by atoms with van der Waals surface area (Å²) in [6.45, 7) is 7.47. The summed E-state index contributed by atoms with van der Waals surface area (Å²) in [5.74, 6) is 0.0562. The lowest BCUT2D eigenvalue weighted by Crippen LogP contribution is -2.24. The number of hydrogen-bond donors (Lipinski definition) is 0. The third-order valence-electron chi connectivity index (χ3n) is 3.91. The van der Waals surface area contributed by atoms with Crippen LogP contribution >= 0.6 is 23.1 Å². The van der Waals surface area contributed by atoms with Crippen LogP contribution in [-0.2, 0) is 11.3 Å². The van der Waals surface area contributed by atoms with E-state index in [-0.39, 0.29) is 16.6 Å². The molecule has 0 aliphatic heterocycles.